The van der Waals surface area contributed by atoms with E-state index in [2.05, 4.69) is 5.32 Å². The molecule has 1 fully saturated rings. The number of morpholine rings is 1. The number of rotatable bonds is 4. The van der Waals surface area contributed by atoms with Crippen molar-refractivity contribution in [1.82, 2.24) is 5.32 Å². The molecule has 2 rings (SSSR count). The smallest absolute Gasteiger partial charge is 0.272 e. The van der Waals surface area contributed by atoms with Crippen molar-refractivity contribution in [3.63, 3.8) is 0 Å². The highest BCUT2D eigenvalue weighted by atomic mass is 19.1. The molecule has 1 aliphatic rings. The minimum absolute atomic E-state index is 0.0115. The first-order chi connectivity index (χ1) is 9.37. The molecule has 0 saturated carbocycles. The highest BCUT2D eigenvalue weighted by Gasteiger charge is 2.28. The summed E-state index contributed by atoms with van der Waals surface area (Å²) in [5.74, 6) is -0.759. The van der Waals surface area contributed by atoms with Crippen molar-refractivity contribution in [3.05, 3.63) is 34.1 Å². The van der Waals surface area contributed by atoms with E-state index >= 15 is 0 Å². The Balaban J connectivity index is 1.95. The standard InChI is InChI=1S/C13H17FN2O4/c1-13(2)8-15-6-10(20-13)7-19-12-4-3-9(16(17)18)5-11(12)14/h3-5,10,15H,6-8H2,1-2H3. The maximum absolute atomic E-state index is 13.6. The third kappa shape index (κ3) is 3.64. The van der Waals surface area contributed by atoms with Crippen LogP contribution in [-0.4, -0.2) is 36.3 Å². The predicted molar refractivity (Wildman–Crippen MR) is 70.4 cm³/mol. The van der Waals surface area contributed by atoms with Crippen molar-refractivity contribution in [2.75, 3.05) is 19.7 Å². The Bertz CT molecular complexity index is 507. The Morgan fingerprint density at radius 1 is 1.60 bits per heavy atom. The lowest BCUT2D eigenvalue weighted by atomic mass is 10.1. The number of nitro benzene ring substituents is 1. The second-order valence-electron chi connectivity index (χ2n) is 5.31. The van der Waals surface area contributed by atoms with Crippen LogP contribution in [0, 0.1) is 15.9 Å². The zero-order valence-corrected chi connectivity index (χ0v) is 11.4. The van der Waals surface area contributed by atoms with Crippen LogP contribution in [0.4, 0.5) is 10.1 Å². The number of hydrogen-bond acceptors (Lipinski definition) is 5. The minimum atomic E-state index is -0.748. The van der Waals surface area contributed by atoms with Crippen LogP contribution < -0.4 is 10.1 Å². The SMILES string of the molecule is CC1(C)CNCC(COc2ccc([N+](=O)[O-])cc2F)O1. The molecule has 0 aromatic heterocycles. The van der Waals surface area contributed by atoms with Gasteiger partial charge in [-0.3, -0.25) is 10.1 Å². The van der Waals surface area contributed by atoms with Crippen LogP contribution in [0.25, 0.3) is 0 Å². The van der Waals surface area contributed by atoms with E-state index in [0.29, 0.717) is 6.54 Å². The molecule has 110 valence electrons. The Labute approximate surface area is 116 Å². The first-order valence-corrected chi connectivity index (χ1v) is 6.33. The molecule has 1 aromatic rings. The van der Waals surface area contributed by atoms with E-state index in [9.17, 15) is 14.5 Å². The lowest BCUT2D eigenvalue weighted by Gasteiger charge is -2.36. The first-order valence-electron chi connectivity index (χ1n) is 6.33. The van der Waals surface area contributed by atoms with Crippen LogP contribution in [0.1, 0.15) is 13.8 Å². The summed E-state index contributed by atoms with van der Waals surface area (Å²) in [5, 5.41) is 13.7. The lowest BCUT2D eigenvalue weighted by molar-refractivity contribution is -0.385. The zero-order chi connectivity index (χ0) is 14.8. The summed E-state index contributed by atoms with van der Waals surface area (Å²) in [5.41, 5.74) is -0.591. The van der Waals surface area contributed by atoms with Gasteiger partial charge in [-0.05, 0) is 19.9 Å². The van der Waals surface area contributed by atoms with Crippen molar-refractivity contribution in [3.8, 4) is 5.75 Å². The maximum atomic E-state index is 13.6. The molecule has 1 saturated heterocycles. The highest BCUT2D eigenvalue weighted by Crippen LogP contribution is 2.23. The van der Waals surface area contributed by atoms with Gasteiger partial charge >= 0.3 is 0 Å². The number of nitrogens with zero attached hydrogens (tertiary/aromatic N) is 1. The van der Waals surface area contributed by atoms with Crippen LogP contribution in [-0.2, 0) is 4.74 Å². The Hall–Kier alpha value is -1.73. The van der Waals surface area contributed by atoms with Crippen molar-refractivity contribution >= 4 is 5.69 Å². The molecule has 1 atom stereocenters. The molecule has 6 nitrogen and oxygen atoms in total. The van der Waals surface area contributed by atoms with E-state index in [1.165, 1.54) is 12.1 Å². The molecule has 1 N–H and O–H groups in total. The van der Waals surface area contributed by atoms with Gasteiger partial charge in [0.1, 0.15) is 12.7 Å². The number of benzene rings is 1. The molecule has 0 amide bonds. The summed E-state index contributed by atoms with van der Waals surface area (Å²) in [4.78, 5) is 9.86. The van der Waals surface area contributed by atoms with Gasteiger partial charge in [0, 0.05) is 19.2 Å². The number of halogens is 1. The molecule has 0 bridgehead atoms. The molecule has 0 radical (unpaired) electrons. The Morgan fingerprint density at radius 2 is 2.35 bits per heavy atom. The van der Waals surface area contributed by atoms with Gasteiger partial charge in [0.25, 0.3) is 5.69 Å². The molecule has 1 aromatic carbocycles. The van der Waals surface area contributed by atoms with Crippen molar-refractivity contribution in [2.24, 2.45) is 0 Å². The van der Waals surface area contributed by atoms with Crippen LogP contribution in [0.2, 0.25) is 0 Å². The molecule has 1 unspecified atom stereocenters. The summed E-state index contributed by atoms with van der Waals surface area (Å²) in [6.07, 6.45) is -0.187. The number of nitro groups is 1. The molecule has 7 heteroatoms. The summed E-state index contributed by atoms with van der Waals surface area (Å²) in [7, 11) is 0. The molecule has 1 aliphatic heterocycles. The minimum Gasteiger partial charge on any atom is -0.488 e. The molecule has 20 heavy (non-hydrogen) atoms. The Morgan fingerprint density at radius 3 is 2.95 bits per heavy atom. The highest BCUT2D eigenvalue weighted by molar-refractivity contribution is 5.37. The molecule has 0 aliphatic carbocycles. The predicted octanol–water partition coefficient (Wildman–Crippen LogP) is 1.88. The number of non-ortho nitro benzene ring substituents is 1. The number of nitrogens with one attached hydrogen (secondary N) is 1. The lowest BCUT2D eigenvalue weighted by Crippen LogP contribution is -2.52. The van der Waals surface area contributed by atoms with Gasteiger partial charge < -0.3 is 14.8 Å². The van der Waals surface area contributed by atoms with Gasteiger partial charge in [-0.2, -0.15) is 0 Å². The van der Waals surface area contributed by atoms with Crippen molar-refractivity contribution in [1.29, 1.82) is 0 Å². The maximum Gasteiger partial charge on any atom is 0.272 e. The van der Waals surface area contributed by atoms with Crippen molar-refractivity contribution < 1.29 is 18.8 Å². The fourth-order valence-corrected chi connectivity index (χ4v) is 2.06. The van der Waals surface area contributed by atoms with E-state index in [1.54, 1.807) is 0 Å². The average molecular weight is 284 g/mol. The van der Waals surface area contributed by atoms with Crippen LogP contribution in [0.5, 0.6) is 5.75 Å². The first kappa shape index (κ1) is 14.7. The monoisotopic (exact) mass is 284 g/mol. The fraction of sp³-hybridized carbons (Fsp3) is 0.538. The average Bonchev–Trinajstić information content (AvgIpc) is 2.36. The third-order valence-electron chi connectivity index (χ3n) is 2.96. The Kier molecular flexibility index (Phi) is 4.20. The van der Waals surface area contributed by atoms with E-state index < -0.39 is 10.7 Å². The molecular formula is C13H17FN2O4. The van der Waals surface area contributed by atoms with E-state index in [0.717, 1.165) is 12.6 Å². The van der Waals surface area contributed by atoms with E-state index in [1.807, 2.05) is 13.8 Å². The van der Waals surface area contributed by atoms with Crippen molar-refractivity contribution in [2.45, 2.75) is 25.6 Å². The zero-order valence-electron chi connectivity index (χ0n) is 11.4. The second kappa shape index (κ2) is 5.72. The topological polar surface area (TPSA) is 73.6 Å². The van der Waals surface area contributed by atoms with Crippen LogP contribution >= 0.6 is 0 Å². The second-order valence-corrected chi connectivity index (χ2v) is 5.31. The fourth-order valence-electron chi connectivity index (χ4n) is 2.06. The summed E-state index contributed by atoms with van der Waals surface area (Å²) < 4.78 is 24.8. The molecular weight excluding hydrogens is 267 g/mol. The van der Waals surface area contributed by atoms with Gasteiger partial charge in [0.15, 0.2) is 11.6 Å². The van der Waals surface area contributed by atoms with Crippen LogP contribution in [0.3, 0.4) is 0 Å². The van der Waals surface area contributed by atoms with Gasteiger partial charge in [-0.15, -0.1) is 0 Å². The van der Waals surface area contributed by atoms with Gasteiger partial charge in [0.2, 0.25) is 0 Å². The largest absolute Gasteiger partial charge is 0.488 e. The quantitative estimate of drug-likeness (QED) is 0.675. The number of ether oxygens (including phenoxy) is 2. The van der Waals surface area contributed by atoms with Crippen LogP contribution in [0.15, 0.2) is 18.2 Å². The van der Waals surface area contributed by atoms with Gasteiger partial charge in [0.05, 0.1) is 16.6 Å². The third-order valence-corrected chi connectivity index (χ3v) is 2.96. The van der Waals surface area contributed by atoms with E-state index in [-0.39, 0.29) is 29.7 Å². The normalized spacial score (nSPS) is 21.4. The number of hydrogen-bond donors (Lipinski definition) is 1. The van der Waals surface area contributed by atoms with Gasteiger partial charge in [-0.1, -0.05) is 0 Å². The molecule has 1 heterocycles. The summed E-state index contributed by atoms with van der Waals surface area (Å²) in [6.45, 7) is 5.47. The van der Waals surface area contributed by atoms with E-state index in [4.69, 9.17) is 9.47 Å². The molecule has 0 spiro atoms. The summed E-state index contributed by atoms with van der Waals surface area (Å²) in [6, 6.07) is 3.32. The van der Waals surface area contributed by atoms with Gasteiger partial charge in [-0.25, -0.2) is 4.39 Å². The summed E-state index contributed by atoms with van der Waals surface area (Å²) >= 11 is 0.